The van der Waals surface area contributed by atoms with Crippen LogP contribution in [0.1, 0.15) is 12.5 Å². The molecule has 0 spiro atoms. The van der Waals surface area contributed by atoms with Gasteiger partial charge in [-0.1, -0.05) is 17.7 Å². The lowest BCUT2D eigenvalue weighted by atomic mass is 10.1. The highest BCUT2D eigenvalue weighted by molar-refractivity contribution is 9.10. The van der Waals surface area contributed by atoms with Crippen molar-refractivity contribution >= 4 is 68.4 Å². The van der Waals surface area contributed by atoms with Crippen LogP contribution in [-0.2, 0) is 9.59 Å². The van der Waals surface area contributed by atoms with Crippen LogP contribution in [0.2, 0.25) is 5.02 Å². The van der Waals surface area contributed by atoms with Gasteiger partial charge in [-0.15, -0.1) is 0 Å². The summed E-state index contributed by atoms with van der Waals surface area (Å²) in [7, 11) is 0. The maximum Gasteiger partial charge on any atom is 0.270 e. The quantitative estimate of drug-likeness (QED) is 0.391. The van der Waals surface area contributed by atoms with Crippen LogP contribution in [0.15, 0.2) is 46.4 Å². The molecule has 3 rings (SSSR count). The van der Waals surface area contributed by atoms with E-state index in [1.807, 2.05) is 0 Å². The van der Waals surface area contributed by atoms with Crippen molar-refractivity contribution in [2.45, 2.75) is 6.92 Å². The van der Waals surface area contributed by atoms with E-state index in [4.69, 9.17) is 28.6 Å². The number of carbonyl (C=O) groups excluding carboxylic acids is 2. The Balaban J connectivity index is 2.04. The second kappa shape index (κ2) is 8.30. The molecule has 1 aliphatic heterocycles. The van der Waals surface area contributed by atoms with Crippen molar-refractivity contribution in [1.82, 2.24) is 5.32 Å². The average Bonchev–Trinajstić information content (AvgIpc) is 2.63. The Morgan fingerprint density at radius 3 is 2.75 bits per heavy atom. The topological polar surface area (TPSA) is 78.9 Å². The molecule has 2 N–H and O–H groups in total. The molecule has 0 radical (unpaired) electrons. The molecule has 1 aliphatic rings. The fraction of sp³-hybridized carbons (Fsp3) is 0.105. The predicted octanol–water partition coefficient (Wildman–Crippen LogP) is 4.04. The molecule has 0 bridgehead atoms. The number of amides is 2. The summed E-state index contributed by atoms with van der Waals surface area (Å²) in [6.45, 7) is 2.12. The van der Waals surface area contributed by atoms with E-state index < -0.39 is 11.8 Å². The first kappa shape index (κ1) is 20.3. The van der Waals surface area contributed by atoms with Crippen LogP contribution < -0.4 is 15.0 Å². The van der Waals surface area contributed by atoms with Crippen LogP contribution in [-0.4, -0.2) is 28.6 Å². The van der Waals surface area contributed by atoms with Crippen molar-refractivity contribution in [1.29, 1.82) is 0 Å². The maximum absolute atomic E-state index is 13.0. The van der Waals surface area contributed by atoms with Gasteiger partial charge >= 0.3 is 0 Å². The summed E-state index contributed by atoms with van der Waals surface area (Å²) < 4.78 is 5.75. The minimum absolute atomic E-state index is 0.0312. The number of phenols is 1. The molecule has 144 valence electrons. The van der Waals surface area contributed by atoms with Crippen LogP contribution in [0.3, 0.4) is 0 Å². The molecule has 9 heteroatoms. The molecule has 0 atom stereocenters. The van der Waals surface area contributed by atoms with Gasteiger partial charge in [0.15, 0.2) is 16.6 Å². The highest BCUT2D eigenvalue weighted by atomic mass is 79.9. The molecule has 2 aromatic rings. The highest BCUT2D eigenvalue weighted by Crippen LogP contribution is 2.36. The number of anilines is 1. The Labute approximate surface area is 179 Å². The lowest BCUT2D eigenvalue weighted by molar-refractivity contribution is -0.122. The molecule has 1 saturated heterocycles. The van der Waals surface area contributed by atoms with Crippen LogP contribution >= 0.6 is 39.7 Å². The summed E-state index contributed by atoms with van der Waals surface area (Å²) in [6.07, 6.45) is 1.41. The minimum Gasteiger partial charge on any atom is -0.503 e. The zero-order valence-electron chi connectivity index (χ0n) is 14.5. The summed E-state index contributed by atoms with van der Waals surface area (Å²) in [5, 5.41) is 12.9. The first-order valence-corrected chi connectivity index (χ1v) is 9.72. The molecule has 2 amide bonds. The molecule has 2 aromatic carbocycles. The molecule has 0 aliphatic carbocycles. The van der Waals surface area contributed by atoms with E-state index in [2.05, 4.69) is 21.2 Å². The van der Waals surface area contributed by atoms with Gasteiger partial charge in [-0.05, 0) is 77.0 Å². The van der Waals surface area contributed by atoms with Crippen LogP contribution in [0.25, 0.3) is 6.08 Å². The molecule has 0 aromatic heterocycles. The summed E-state index contributed by atoms with van der Waals surface area (Å²) in [6, 6.07) is 9.69. The van der Waals surface area contributed by atoms with Crippen LogP contribution in [0, 0.1) is 0 Å². The minimum atomic E-state index is -0.615. The molecule has 0 saturated carbocycles. The van der Waals surface area contributed by atoms with E-state index in [0.717, 1.165) is 0 Å². The summed E-state index contributed by atoms with van der Waals surface area (Å²) in [5.74, 6) is -1.03. The predicted molar refractivity (Wildman–Crippen MR) is 115 cm³/mol. The van der Waals surface area contributed by atoms with Gasteiger partial charge in [0, 0.05) is 5.02 Å². The Bertz CT molecular complexity index is 1020. The molecule has 1 fully saturated rings. The lowest BCUT2D eigenvalue weighted by Crippen LogP contribution is -2.54. The second-order valence-electron chi connectivity index (χ2n) is 5.72. The zero-order valence-corrected chi connectivity index (χ0v) is 17.7. The zero-order chi connectivity index (χ0) is 20.4. The third-order valence-corrected chi connectivity index (χ3v) is 4.95. The summed E-state index contributed by atoms with van der Waals surface area (Å²) in [4.78, 5) is 26.6. The van der Waals surface area contributed by atoms with E-state index in [-0.39, 0.29) is 22.2 Å². The monoisotopic (exact) mass is 480 g/mol. The molecule has 6 nitrogen and oxygen atoms in total. The van der Waals surface area contributed by atoms with E-state index in [1.54, 1.807) is 37.3 Å². The SMILES string of the molecule is CCOc1cc(/C=C2\C(=O)NC(=S)N(c3cccc(Cl)c3)C2=O)cc(Br)c1O. The molecule has 28 heavy (non-hydrogen) atoms. The van der Waals surface area contributed by atoms with Crippen LogP contribution in [0.5, 0.6) is 11.5 Å². The van der Waals surface area contributed by atoms with E-state index in [9.17, 15) is 14.7 Å². The van der Waals surface area contributed by atoms with Crippen molar-refractivity contribution in [3.05, 3.63) is 57.0 Å². The standard InChI is InChI=1S/C19H14BrClN2O4S/c1-2-27-15-8-10(7-14(20)16(15)24)6-13-17(25)22-19(28)23(18(13)26)12-5-3-4-11(21)9-12/h3-9,24H,2H2,1H3,(H,22,25,28)/b13-6+. The number of rotatable bonds is 4. The number of ether oxygens (including phenoxy) is 1. The van der Waals surface area contributed by atoms with Gasteiger partial charge in [0.2, 0.25) is 0 Å². The van der Waals surface area contributed by atoms with Gasteiger partial charge in [0.25, 0.3) is 11.8 Å². The van der Waals surface area contributed by atoms with Gasteiger partial charge < -0.3 is 9.84 Å². The maximum atomic E-state index is 13.0. The summed E-state index contributed by atoms with van der Waals surface area (Å²) in [5.41, 5.74) is 0.814. The number of thiocarbonyl (C=S) groups is 1. The molecule has 1 heterocycles. The Morgan fingerprint density at radius 1 is 1.32 bits per heavy atom. The van der Waals surface area contributed by atoms with Crippen molar-refractivity contribution < 1.29 is 19.4 Å². The van der Waals surface area contributed by atoms with Crippen molar-refractivity contribution in [2.24, 2.45) is 0 Å². The first-order valence-electron chi connectivity index (χ1n) is 8.14. The Kier molecular flexibility index (Phi) is 6.02. The third kappa shape index (κ3) is 4.04. The normalized spacial score (nSPS) is 15.8. The number of phenolic OH excluding ortho intramolecular Hbond substituents is 1. The number of aromatic hydroxyl groups is 1. The van der Waals surface area contributed by atoms with E-state index in [1.165, 1.54) is 17.0 Å². The van der Waals surface area contributed by atoms with Crippen molar-refractivity contribution in [3.8, 4) is 11.5 Å². The van der Waals surface area contributed by atoms with Gasteiger partial charge in [0.1, 0.15) is 5.57 Å². The third-order valence-electron chi connectivity index (χ3n) is 3.83. The molecular formula is C19H14BrClN2O4S. The number of benzene rings is 2. The number of nitrogens with zero attached hydrogens (tertiary/aromatic N) is 1. The number of halogens is 2. The Morgan fingerprint density at radius 2 is 2.07 bits per heavy atom. The van der Waals surface area contributed by atoms with Gasteiger partial charge in [-0.3, -0.25) is 19.8 Å². The van der Waals surface area contributed by atoms with Gasteiger partial charge in [-0.25, -0.2) is 0 Å². The lowest BCUT2D eigenvalue weighted by Gasteiger charge is -2.29. The fourth-order valence-corrected chi connectivity index (χ4v) is 3.54. The van der Waals surface area contributed by atoms with E-state index >= 15 is 0 Å². The number of carbonyl (C=O) groups is 2. The highest BCUT2D eigenvalue weighted by Gasteiger charge is 2.34. The molecular weight excluding hydrogens is 468 g/mol. The number of hydrogen-bond donors (Lipinski definition) is 2. The average molecular weight is 482 g/mol. The first-order chi connectivity index (χ1) is 13.3. The Hall–Kier alpha value is -2.42. The smallest absolute Gasteiger partial charge is 0.270 e. The number of hydrogen-bond acceptors (Lipinski definition) is 5. The van der Waals surface area contributed by atoms with Gasteiger partial charge in [0.05, 0.1) is 16.8 Å². The van der Waals surface area contributed by atoms with Crippen LogP contribution in [0.4, 0.5) is 5.69 Å². The van der Waals surface area contributed by atoms with Crippen molar-refractivity contribution in [2.75, 3.05) is 11.5 Å². The molecule has 0 unspecified atom stereocenters. The van der Waals surface area contributed by atoms with Crippen molar-refractivity contribution in [3.63, 3.8) is 0 Å². The number of nitrogens with one attached hydrogen (secondary N) is 1. The fourth-order valence-electron chi connectivity index (χ4n) is 2.62. The second-order valence-corrected chi connectivity index (χ2v) is 7.40. The largest absolute Gasteiger partial charge is 0.503 e. The summed E-state index contributed by atoms with van der Waals surface area (Å²) >= 11 is 14.4. The van der Waals surface area contributed by atoms with Gasteiger partial charge in [-0.2, -0.15) is 0 Å². The van der Waals surface area contributed by atoms with E-state index in [0.29, 0.717) is 27.4 Å².